The SMILES string of the molecule is Cc1cccc(C(C)C)c1CNC(=O)n1c(=O)c2cccc(C(=O)O)c2n1CC1CC1. The van der Waals surface area contributed by atoms with Gasteiger partial charge in [0.05, 0.1) is 16.5 Å². The summed E-state index contributed by atoms with van der Waals surface area (Å²) < 4.78 is 2.62. The van der Waals surface area contributed by atoms with Crippen molar-refractivity contribution >= 4 is 22.9 Å². The van der Waals surface area contributed by atoms with Gasteiger partial charge in [0.15, 0.2) is 0 Å². The molecule has 1 heterocycles. The van der Waals surface area contributed by atoms with Crippen LogP contribution in [0.3, 0.4) is 0 Å². The van der Waals surface area contributed by atoms with Gasteiger partial charge < -0.3 is 10.4 Å². The van der Waals surface area contributed by atoms with E-state index in [1.165, 1.54) is 6.07 Å². The van der Waals surface area contributed by atoms with Crippen LogP contribution in [0.2, 0.25) is 0 Å². The molecule has 4 rings (SSSR count). The van der Waals surface area contributed by atoms with Gasteiger partial charge in [-0.3, -0.25) is 9.48 Å². The molecule has 0 bridgehead atoms. The Morgan fingerprint density at radius 3 is 2.52 bits per heavy atom. The molecule has 7 heteroatoms. The molecule has 1 aromatic heterocycles. The summed E-state index contributed by atoms with van der Waals surface area (Å²) in [5.74, 6) is -0.469. The summed E-state index contributed by atoms with van der Waals surface area (Å²) >= 11 is 0. The van der Waals surface area contributed by atoms with E-state index in [-0.39, 0.29) is 10.9 Å². The molecule has 1 aliphatic rings. The maximum atomic E-state index is 13.2. The molecule has 0 aliphatic heterocycles. The summed E-state index contributed by atoms with van der Waals surface area (Å²) in [4.78, 5) is 38.1. The van der Waals surface area contributed by atoms with Crippen molar-refractivity contribution in [3.63, 3.8) is 0 Å². The summed E-state index contributed by atoms with van der Waals surface area (Å²) in [5.41, 5.74) is 3.11. The third-order valence-corrected chi connectivity index (χ3v) is 5.99. The van der Waals surface area contributed by atoms with Crippen molar-refractivity contribution in [1.29, 1.82) is 0 Å². The molecule has 1 saturated carbocycles. The zero-order chi connectivity index (χ0) is 22.3. The fourth-order valence-corrected chi connectivity index (χ4v) is 4.16. The molecule has 0 radical (unpaired) electrons. The zero-order valence-electron chi connectivity index (χ0n) is 18.0. The van der Waals surface area contributed by atoms with Crippen molar-refractivity contribution in [1.82, 2.24) is 14.7 Å². The van der Waals surface area contributed by atoms with Gasteiger partial charge in [-0.2, -0.15) is 4.68 Å². The van der Waals surface area contributed by atoms with E-state index in [0.29, 0.717) is 30.4 Å². The van der Waals surface area contributed by atoms with E-state index in [2.05, 4.69) is 25.2 Å². The van der Waals surface area contributed by atoms with E-state index >= 15 is 0 Å². The molecule has 2 aromatic carbocycles. The van der Waals surface area contributed by atoms with Gasteiger partial charge in [-0.15, -0.1) is 0 Å². The molecule has 0 atom stereocenters. The Morgan fingerprint density at radius 2 is 1.87 bits per heavy atom. The zero-order valence-corrected chi connectivity index (χ0v) is 18.0. The van der Waals surface area contributed by atoms with Crippen molar-refractivity contribution in [3.05, 3.63) is 69.0 Å². The molecule has 0 saturated heterocycles. The monoisotopic (exact) mass is 421 g/mol. The number of hydrogen-bond acceptors (Lipinski definition) is 3. The number of para-hydroxylation sites is 1. The number of nitrogens with one attached hydrogen (secondary N) is 1. The van der Waals surface area contributed by atoms with Crippen LogP contribution in [0.5, 0.6) is 0 Å². The highest BCUT2D eigenvalue weighted by Gasteiger charge is 2.28. The molecule has 1 fully saturated rings. The smallest absolute Gasteiger partial charge is 0.344 e. The Kier molecular flexibility index (Phi) is 5.43. The van der Waals surface area contributed by atoms with Gasteiger partial charge in [0.25, 0.3) is 5.56 Å². The van der Waals surface area contributed by atoms with Gasteiger partial charge in [-0.25, -0.2) is 9.59 Å². The lowest BCUT2D eigenvalue weighted by Gasteiger charge is -2.17. The second kappa shape index (κ2) is 8.06. The Balaban J connectivity index is 1.75. The Hall–Kier alpha value is -3.35. The van der Waals surface area contributed by atoms with E-state index in [0.717, 1.165) is 34.2 Å². The number of carboxylic acids is 1. The molecular weight excluding hydrogens is 394 g/mol. The lowest BCUT2D eigenvalue weighted by molar-refractivity contribution is 0.0698. The number of carbonyl (C=O) groups excluding carboxylic acids is 1. The number of aromatic carboxylic acids is 1. The van der Waals surface area contributed by atoms with Crippen molar-refractivity contribution in [3.8, 4) is 0 Å². The number of amides is 1. The molecule has 162 valence electrons. The van der Waals surface area contributed by atoms with Gasteiger partial charge in [0, 0.05) is 13.1 Å². The number of aryl methyl sites for hydroxylation is 1. The average Bonchev–Trinajstić information content (AvgIpc) is 3.50. The van der Waals surface area contributed by atoms with Crippen molar-refractivity contribution < 1.29 is 14.7 Å². The quantitative estimate of drug-likeness (QED) is 0.627. The number of hydrogen-bond donors (Lipinski definition) is 2. The maximum Gasteiger partial charge on any atom is 0.344 e. The fourth-order valence-electron chi connectivity index (χ4n) is 4.16. The van der Waals surface area contributed by atoms with E-state index in [1.54, 1.807) is 16.8 Å². The molecular formula is C24H27N3O4. The first kappa shape index (κ1) is 20.9. The Labute approximate surface area is 180 Å². The topological polar surface area (TPSA) is 93.3 Å². The van der Waals surface area contributed by atoms with Crippen molar-refractivity contribution in [2.24, 2.45) is 5.92 Å². The van der Waals surface area contributed by atoms with Crippen LogP contribution in [0.1, 0.15) is 59.7 Å². The maximum absolute atomic E-state index is 13.2. The minimum atomic E-state index is -1.12. The highest BCUT2D eigenvalue weighted by atomic mass is 16.4. The van der Waals surface area contributed by atoms with E-state index in [1.807, 2.05) is 19.1 Å². The van der Waals surface area contributed by atoms with Crippen LogP contribution in [0.4, 0.5) is 4.79 Å². The second-order valence-electron chi connectivity index (χ2n) is 8.61. The average molecular weight is 421 g/mol. The summed E-state index contributed by atoms with van der Waals surface area (Å²) in [7, 11) is 0. The fraction of sp³-hybridized carbons (Fsp3) is 0.375. The summed E-state index contributed by atoms with van der Waals surface area (Å²) in [6, 6.07) is 10.1. The summed E-state index contributed by atoms with van der Waals surface area (Å²) in [6.07, 6.45) is 2.01. The number of carboxylic acid groups (broad SMARTS) is 1. The van der Waals surface area contributed by atoms with Crippen LogP contribution >= 0.6 is 0 Å². The second-order valence-corrected chi connectivity index (χ2v) is 8.61. The standard InChI is InChI=1S/C24H27N3O4/c1-14(2)17-7-4-6-15(3)20(17)12-25-24(31)27-22(28)18-8-5-9-19(23(29)30)21(18)26(27)13-16-10-11-16/h4-9,14,16H,10-13H2,1-3H3,(H,25,31)(H,29,30). The predicted octanol–water partition coefficient (Wildman–Crippen LogP) is 4.10. The number of rotatable bonds is 6. The van der Waals surface area contributed by atoms with Crippen molar-refractivity contribution in [2.75, 3.05) is 0 Å². The third-order valence-electron chi connectivity index (χ3n) is 5.99. The van der Waals surface area contributed by atoms with Crippen LogP contribution in [0, 0.1) is 12.8 Å². The molecule has 0 spiro atoms. The largest absolute Gasteiger partial charge is 0.478 e. The normalized spacial score (nSPS) is 13.7. The number of nitrogens with zero attached hydrogens (tertiary/aromatic N) is 2. The minimum absolute atomic E-state index is 0.0304. The highest BCUT2D eigenvalue weighted by molar-refractivity contribution is 6.02. The van der Waals surface area contributed by atoms with Gasteiger partial charge >= 0.3 is 12.0 Å². The lowest BCUT2D eigenvalue weighted by Crippen LogP contribution is -2.38. The van der Waals surface area contributed by atoms with Crippen molar-refractivity contribution in [2.45, 2.75) is 52.6 Å². The molecule has 1 amide bonds. The van der Waals surface area contributed by atoms with Gasteiger partial charge in [-0.05, 0) is 60.4 Å². The molecule has 3 aromatic rings. The Morgan fingerprint density at radius 1 is 1.16 bits per heavy atom. The van der Waals surface area contributed by atoms with E-state index in [4.69, 9.17) is 0 Å². The Bertz CT molecular complexity index is 1230. The first-order valence-electron chi connectivity index (χ1n) is 10.6. The minimum Gasteiger partial charge on any atom is -0.478 e. The van der Waals surface area contributed by atoms with Gasteiger partial charge in [0.1, 0.15) is 0 Å². The van der Waals surface area contributed by atoms with E-state index in [9.17, 15) is 19.5 Å². The third kappa shape index (κ3) is 3.87. The van der Waals surface area contributed by atoms with Crippen LogP contribution in [0.25, 0.3) is 10.9 Å². The summed E-state index contributed by atoms with van der Waals surface area (Å²) in [6.45, 7) is 6.94. The number of carbonyl (C=O) groups is 2. The van der Waals surface area contributed by atoms with Crippen LogP contribution < -0.4 is 10.9 Å². The number of fused-ring (bicyclic) bond motifs is 1. The van der Waals surface area contributed by atoms with Crippen LogP contribution in [0.15, 0.2) is 41.2 Å². The molecule has 0 unspecified atom stereocenters. The number of benzene rings is 2. The lowest BCUT2D eigenvalue weighted by atomic mass is 9.94. The van der Waals surface area contributed by atoms with Crippen LogP contribution in [-0.4, -0.2) is 26.5 Å². The van der Waals surface area contributed by atoms with E-state index < -0.39 is 17.6 Å². The molecule has 1 aliphatic carbocycles. The predicted molar refractivity (Wildman–Crippen MR) is 119 cm³/mol. The van der Waals surface area contributed by atoms with Gasteiger partial charge in [-0.1, -0.05) is 38.1 Å². The van der Waals surface area contributed by atoms with Crippen LogP contribution in [-0.2, 0) is 13.1 Å². The number of aromatic nitrogens is 2. The first-order chi connectivity index (χ1) is 14.8. The van der Waals surface area contributed by atoms with Gasteiger partial charge in [0.2, 0.25) is 0 Å². The first-order valence-corrected chi connectivity index (χ1v) is 10.6. The highest BCUT2D eigenvalue weighted by Crippen LogP contribution is 2.32. The summed E-state index contributed by atoms with van der Waals surface area (Å²) in [5, 5.41) is 12.8. The molecule has 2 N–H and O–H groups in total. The molecule has 31 heavy (non-hydrogen) atoms. The molecule has 7 nitrogen and oxygen atoms in total.